The van der Waals surface area contributed by atoms with Crippen LogP contribution in [0.2, 0.25) is 0 Å². The number of esters is 1. The zero-order valence-electron chi connectivity index (χ0n) is 13.4. The van der Waals surface area contributed by atoms with Crippen LogP contribution in [0.25, 0.3) is 0 Å². The van der Waals surface area contributed by atoms with E-state index in [1.54, 1.807) is 25.1 Å². The summed E-state index contributed by atoms with van der Waals surface area (Å²) < 4.78 is 4.75. The van der Waals surface area contributed by atoms with Gasteiger partial charge in [-0.05, 0) is 37.5 Å². The Bertz CT molecular complexity index is 612. The molecule has 1 aromatic rings. The van der Waals surface area contributed by atoms with Crippen molar-refractivity contribution in [3.63, 3.8) is 0 Å². The van der Waals surface area contributed by atoms with Crippen molar-refractivity contribution in [2.75, 3.05) is 12.8 Å². The van der Waals surface area contributed by atoms with E-state index in [2.05, 4.69) is 17.2 Å². The van der Waals surface area contributed by atoms with Crippen LogP contribution in [0, 0.1) is 17.8 Å². The van der Waals surface area contributed by atoms with Gasteiger partial charge in [0, 0.05) is 11.3 Å². The molecule has 1 rings (SSSR count). The van der Waals surface area contributed by atoms with Gasteiger partial charge in [-0.2, -0.15) is 0 Å². The summed E-state index contributed by atoms with van der Waals surface area (Å²) in [5, 5.41) is 2.71. The van der Waals surface area contributed by atoms with Crippen LogP contribution in [0.1, 0.15) is 43.1 Å². The van der Waals surface area contributed by atoms with Crippen LogP contribution in [0.3, 0.4) is 0 Å². The molecule has 1 unspecified atom stereocenters. The molecule has 0 bridgehead atoms. The summed E-state index contributed by atoms with van der Waals surface area (Å²) in [7, 11) is 1.30. The number of hydrogen-bond donors (Lipinski definition) is 2. The fourth-order valence-electron chi connectivity index (χ4n) is 2.06. The quantitative estimate of drug-likeness (QED) is 0.495. The predicted octanol–water partition coefficient (Wildman–Crippen LogP) is 1.96. The molecular weight excluding hydrogens is 280 g/mol. The third kappa shape index (κ3) is 4.81. The summed E-state index contributed by atoms with van der Waals surface area (Å²) >= 11 is 0. The van der Waals surface area contributed by atoms with Gasteiger partial charge in [0.1, 0.15) is 6.04 Å². The highest BCUT2D eigenvalue weighted by molar-refractivity contribution is 5.99. The topological polar surface area (TPSA) is 81.4 Å². The Hall–Kier alpha value is -2.48. The first-order valence-electron chi connectivity index (χ1n) is 7.10. The van der Waals surface area contributed by atoms with E-state index in [9.17, 15) is 9.59 Å². The fourth-order valence-corrected chi connectivity index (χ4v) is 2.06. The molecular formula is C17H22N2O3. The molecule has 0 aromatic heterocycles. The Kier molecular flexibility index (Phi) is 6.46. The number of amides is 1. The summed E-state index contributed by atoms with van der Waals surface area (Å²) in [6.07, 6.45) is 0.502. The van der Waals surface area contributed by atoms with Crippen molar-refractivity contribution in [1.82, 2.24) is 5.32 Å². The number of hydrogen-bond acceptors (Lipinski definition) is 4. The molecule has 0 spiro atoms. The minimum atomic E-state index is -0.683. The molecule has 0 heterocycles. The number of nitrogens with two attached hydrogens (primary N) is 1. The molecule has 118 valence electrons. The van der Waals surface area contributed by atoms with Gasteiger partial charge < -0.3 is 15.8 Å². The van der Waals surface area contributed by atoms with Crippen LogP contribution in [-0.2, 0) is 9.53 Å². The van der Waals surface area contributed by atoms with Gasteiger partial charge in [-0.25, -0.2) is 4.79 Å². The number of carbonyl (C=O) groups excluding carboxylic acids is 2. The minimum absolute atomic E-state index is 0.241. The van der Waals surface area contributed by atoms with Crippen molar-refractivity contribution >= 4 is 17.6 Å². The maximum Gasteiger partial charge on any atom is 0.328 e. The molecule has 0 aliphatic heterocycles. The van der Waals surface area contributed by atoms with Gasteiger partial charge in [0.2, 0.25) is 0 Å². The zero-order valence-corrected chi connectivity index (χ0v) is 13.4. The van der Waals surface area contributed by atoms with E-state index in [0.717, 1.165) is 0 Å². The van der Waals surface area contributed by atoms with Gasteiger partial charge in [-0.1, -0.05) is 19.8 Å². The average molecular weight is 302 g/mol. The minimum Gasteiger partial charge on any atom is -0.467 e. The number of carbonyl (C=O) groups is 2. The molecule has 0 aliphatic carbocycles. The van der Waals surface area contributed by atoms with Gasteiger partial charge in [-0.15, -0.1) is 5.92 Å². The predicted molar refractivity (Wildman–Crippen MR) is 86.1 cm³/mol. The largest absolute Gasteiger partial charge is 0.467 e. The lowest BCUT2D eigenvalue weighted by molar-refractivity contribution is -0.143. The van der Waals surface area contributed by atoms with Crippen LogP contribution < -0.4 is 11.1 Å². The second kappa shape index (κ2) is 8.08. The summed E-state index contributed by atoms with van der Waals surface area (Å²) in [5.74, 6) is 5.01. The van der Waals surface area contributed by atoms with E-state index in [0.29, 0.717) is 23.2 Å². The van der Waals surface area contributed by atoms with Crippen LogP contribution >= 0.6 is 0 Å². The van der Waals surface area contributed by atoms with Crippen LogP contribution in [0.5, 0.6) is 0 Å². The molecule has 0 radical (unpaired) electrons. The van der Waals surface area contributed by atoms with Crippen molar-refractivity contribution in [2.45, 2.75) is 33.2 Å². The van der Waals surface area contributed by atoms with Gasteiger partial charge in [0.05, 0.1) is 12.7 Å². The van der Waals surface area contributed by atoms with E-state index in [1.165, 1.54) is 7.11 Å². The molecule has 0 saturated heterocycles. The van der Waals surface area contributed by atoms with E-state index in [4.69, 9.17) is 10.5 Å². The van der Waals surface area contributed by atoms with Gasteiger partial charge in [0.25, 0.3) is 5.91 Å². The number of rotatable bonds is 5. The van der Waals surface area contributed by atoms with Crippen LogP contribution in [0.4, 0.5) is 5.69 Å². The first kappa shape index (κ1) is 17.6. The summed E-state index contributed by atoms with van der Waals surface area (Å²) in [6, 6.07) is 4.19. The maximum absolute atomic E-state index is 12.4. The Morgan fingerprint density at radius 3 is 2.59 bits per heavy atom. The molecule has 1 atom stereocenters. The monoisotopic (exact) mass is 302 g/mol. The third-order valence-electron chi connectivity index (χ3n) is 3.05. The highest BCUT2D eigenvalue weighted by Crippen LogP contribution is 2.14. The normalized spacial score (nSPS) is 11.3. The Balaban J connectivity index is 3.03. The molecule has 0 aliphatic rings. The van der Waals surface area contributed by atoms with Crippen molar-refractivity contribution < 1.29 is 14.3 Å². The summed E-state index contributed by atoms with van der Waals surface area (Å²) in [5.41, 5.74) is 7.18. The third-order valence-corrected chi connectivity index (χ3v) is 3.05. The Labute approximate surface area is 131 Å². The number of ether oxygens (including phenoxy) is 1. The van der Waals surface area contributed by atoms with Crippen LogP contribution in [0.15, 0.2) is 18.2 Å². The van der Waals surface area contributed by atoms with Crippen molar-refractivity contribution in [1.29, 1.82) is 0 Å². The summed E-state index contributed by atoms with van der Waals surface area (Å²) in [6.45, 7) is 5.62. The molecule has 1 aromatic carbocycles. The van der Waals surface area contributed by atoms with Gasteiger partial charge >= 0.3 is 5.97 Å². The number of methoxy groups -OCH3 is 1. The zero-order chi connectivity index (χ0) is 16.7. The fraction of sp³-hybridized carbons (Fsp3) is 0.412. The first-order valence-corrected chi connectivity index (χ1v) is 7.10. The van der Waals surface area contributed by atoms with Gasteiger partial charge in [0.15, 0.2) is 0 Å². The SMILES string of the molecule is CC#Cc1cc(N)ccc1C(=O)NC(CC(C)C)C(=O)OC. The number of nitrogens with one attached hydrogen (secondary N) is 1. The Morgan fingerprint density at radius 1 is 1.36 bits per heavy atom. The first-order chi connectivity index (χ1) is 10.4. The highest BCUT2D eigenvalue weighted by atomic mass is 16.5. The molecule has 1 amide bonds. The van der Waals surface area contributed by atoms with E-state index in [1.807, 2.05) is 13.8 Å². The smallest absolute Gasteiger partial charge is 0.328 e. The molecule has 5 nitrogen and oxygen atoms in total. The molecule has 0 fully saturated rings. The van der Waals surface area contributed by atoms with Crippen LogP contribution in [-0.4, -0.2) is 25.0 Å². The van der Waals surface area contributed by atoms with Crippen molar-refractivity contribution in [3.05, 3.63) is 29.3 Å². The Morgan fingerprint density at radius 2 is 2.05 bits per heavy atom. The lowest BCUT2D eigenvalue weighted by atomic mass is 10.0. The van der Waals surface area contributed by atoms with E-state index >= 15 is 0 Å². The lowest BCUT2D eigenvalue weighted by Crippen LogP contribution is -2.42. The number of nitrogen functional groups attached to an aromatic ring is 1. The second-order valence-corrected chi connectivity index (χ2v) is 5.36. The molecule has 0 saturated carbocycles. The second-order valence-electron chi connectivity index (χ2n) is 5.36. The molecule has 22 heavy (non-hydrogen) atoms. The standard InChI is InChI=1S/C17H22N2O3/c1-5-6-12-10-13(18)7-8-14(12)16(20)19-15(9-11(2)3)17(21)22-4/h7-8,10-11,15H,9,18H2,1-4H3,(H,19,20). The van der Waals surface area contributed by atoms with Crippen molar-refractivity contribution in [2.24, 2.45) is 5.92 Å². The van der Waals surface area contributed by atoms with E-state index < -0.39 is 12.0 Å². The maximum atomic E-state index is 12.4. The average Bonchev–Trinajstić information content (AvgIpc) is 2.45. The summed E-state index contributed by atoms with van der Waals surface area (Å²) in [4.78, 5) is 24.2. The molecule has 3 N–H and O–H groups in total. The number of anilines is 1. The highest BCUT2D eigenvalue weighted by Gasteiger charge is 2.24. The van der Waals surface area contributed by atoms with Crippen molar-refractivity contribution in [3.8, 4) is 11.8 Å². The number of benzene rings is 1. The van der Waals surface area contributed by atoms with Gasteiger partial charge in [-0.3, -0.25) is 4.79 Å². The lowest BCUT2D eigenvalue weighted by Gasteiger charge is -2.18. The molecule has 5 heteroatoms. The van der Waals surface area contributed by atoms with E-state index in [-0.39, 0.29) is 11.8 Å².